The van der Waals surface area contributed by atoms with Gasteiger partial charge in [-0.3, -0.25) is 9.69 Å². The Bertz CT molecular complexity index is 963. The minimum absolute atomic E-state index is 0.0801. The van der Waals surface area contributed by atoms with Gasteiger partial charge in [-0.15, -0.1) is 0 Å². The van der Waals surface area contributed by atoms with Crippen molar-refractivity contribution in [2.24, 2.45) is 5.41 Å². The van der Waals surface area contributed by atoms with Gasteiger partial charge < -0.3 is 15.1 Å². The third kappa shape index (κ3) is 8.13. The van der Waals surface area contributed by atoms with Crippen LogP contribution in [0.3, 0.4) is 0 Å². The molecule has 1 heterocycles. The Labute approximate surface area is 202 Å². The van der Waals surface area contributed by atoms with E-state index in [1.807, 2.05) is 41.0 Å². The molecule has 3 amide bonds. The van der Waals surface area contributed by atoms with Gasteiger partial charge in [-0.1, -0.05) is 45.0 Å². The van der Waals surface area contributed by atoms with E-state index in [-0.39, 0.29) is 23.2 Å². The fraction of sp³-hybridized carbons (Fsp3) is 0.481. The standard InChI is InChI=1S/C27H37FN4O2/c1-21-6-5-7-24(18-21)29-26(34)31-15-12-30(13-16-31)14-17-32(25(33)19-27(2,3)4)20-22-8-10-23(28)11-9-22/h5-11,18H,12-17,19-20H2,1-4H3,(H,29,34). The Hall–Kier alpha value is -2.93. The first-order chi connectivity index (χ1) is 16.1. The molecule has 0 atom stereocenters. The molecule has 0 aliphatic carbocycles. The van der Waals surface area contributed by atoms with Crippen molar-refractivity contribution >= 4 is 17.6 Å². The molecule has 0 bridgehead atoms. The lowest BCUT2D eigenvalue weighted by Gasteiger charge is -2.36. The summed E-state index contributed by atoms with van der Waals surface area (Å²) >= 11 is 0. The number of nitrogens with one attached hydrogen (secondary N) is 1. The van der Waals surface area contributed by atoms with E-state index < -0.39 is 0 Å². The number of urea groups is 1. The van der Waals surface area contributed by atoms with Crippen molar-refractivity contribution in [3.63, 3.8) is 0 Å². The molecular formula is C27H37FN4O2. The summed E-state index contributed by atoms with van der Waals surface area (Å²) in [6.07, 6.45) is 0.459. The van der Waals surface area contributed by atoms with Crippen LogP contribution < -0.4 is 5.32 Å². The number of halogens is 1. The average molecular weight is 469 g/mol. The van der Waals surface area contributed by atoms with Gasteiger partial charge >= 0.3 is 6.03 Å². The maximum atomic E-state index is 13.3. The monoisotopic (exact) mass is 468 g/mol. The number of nitrogens with zero attached hydrogens (tertiary/aromatic N) is 3. The lowest BCUT2D eigenvalue weighted by molar-refractivity contribution is -0.134. The highest BCUT2D eigenvalue weighted by atomic mass is 19.1. The fourth-order valence-corrected chi connectivity index (χ4v) is 4.03. The summed E-state index contributed by atoms with van der Waals surface area (Å²) in [6.45, 7) is 12.8. The topological polar surface area (TPSA) is 55.9 Å². The van der Waals surface area contributed by atoms with Gasteiger partial charge in [-0.25, -0.2) is 9.18 Å². The predicted molar refractivity (Wildman–Crippen MR) is 134 cm³/mol. The Morgan fingerprint density at radius 3 is 2.32 bits per heavy atom. The average Bonchev–Trinajstić information content (AvgIpc) is 2.77. The van der Waals surface area contributed by atoms with Gasteiger partial charge in [0.25, 0.3) is 0 Å². The van der Waals surface area contributed by atoms with Crippen LogP contribution in [-0.4, -0.2) is 65.9 Å². The van der Waals surface area contributed by atoms with Crippen molar-refractivity contribution in [2.75, 3.05) is 44.6 Å². The molecule has 2 aromatic carbocycles. The number of aryl methyl sites for hydroxylation is 1. The summed E-state index contributed by atoms with van der Waals surface area (Å²) in [6, 6.07) is 14.0. The molecule has 0 saturated carbocycles. The highest BCUT2D eigenvalue weighted by Crippen LogP contribution is 2.21. The minimum Gasteiger partial charge on any atom is -0.337 e. The second-order valence-electron chi connectivity index (χ2n) is 10.3. The third-order valence-electron chi connectivity index (χ3n) is 5.94. The molecular weight excluding hydrogens is 431 g/mol. The first-order valence-electron chi connectivity index (χ1n) is 12.0. The van der Waals surface area contributed by atoms with Gasteiger partial charge in [0, 0.05) is 57.9 Å². The van der Waals surface area contributed by atoms with Crippen molar-refractivity contribution in [3.05, 3.63) is 65.5 Å². The Morgan fingerprint density at radius 1 is 1.03 bits per heavy atom. The Balaban J connectivity index is 1.52. The molecule has 1 aliphatic heterocycles. The molecule has 1 fully saturated rings. The number of hydrogen-bond acceptors (Lipinski definition) is 3. The maximum Gasteiger partial charge on any atom is 0.321 e. The van der Waals surface area contributed by atoms with Crippen molar-refractivity contribution in [2.45, 2.75) is 40.7 Å². The molecule has 1 N–H and O–H groups in total. The van der Waals surface area contributed by atoms with Crippen LogP contribution in [-0.2, 0) is 11.3 Å². The van der Waals surface area contributed by atoms with E-state index in [0.717, 1.165) is 36.4 Å². The fourth-order valence-electron chi connectivity index (χ4n) is 4.03. The van der Waals surface area contributed by atoms with E-state index in [0.29, 0.717) is 32.6 Å². The maximum absolute atomic E-state index is 13.3. The highest BCUT2D eigenvalue weighted by molar-refractivity contribution is 5.89. The molecule has 6 nitrogen and oxygen atoms in total. The van der Waals surface area contributed by atoms with E-state index in [9.17, 15) is 14.0 Å². The first-order valence-corrected chi connectivity index (χ1v) is 12.0. The molecule has 1 saturated heterocycles. The number of anilines is 1. The van der Waals surface area contributed by atoms with Gasteiger partial charge in [-0.2, -0.15) is 0 Å². The zero-order chi connectivity index (χ0) is 24.7. The lowest BCUT2D eigenvalue weighted by atomic mass is 9.91. The number of piperazine rings is 1. The molecule has 34 heavy (non-hydrogen) atoms. The van der Waals surface area contributed by atoms with Crippen molar-refractivity contribution < 1.29 is 14.0 Å². The van der Waals surface area contributed by atoms with E-state index in [2.05, 4.69) is 31.0 Å². The van der Waals surface area contributed by atoms with Crippen LogP contribution in [0, 0.1) is 18.2 Å². The second-order valence-corrected chi connectivity index (χ2v) is 10.3. The number of hydrogen-bond donors (Lipinski definition) is 1. The van der Waals surface area contributed by atoms with Crippen molar-refractivity contribution in [1.29, 1.82) is 0 Å². The molecule has 0 unspecified atom stereocenters. The van der Waals surface area contributed by atoms with Crippen molar-refractivity contribution in [1.82, 2.24) is 14.7 Å². The number of carbonyl (C=O) groups is 2. The lowest BCUT2D eigenvalue weighted by Crippen LogP contribution is -2.51. The zero-order valence-electron chi connectivity index (χ0n) is 20.8. The van der Waals surface area contributed by atoms with Crippen LogP contribution >= 0.6 is 0 Å². The number of benzene rings is 2. The summed E-state index contributed by atoms with van der Waals surface area (Å²) < 4.78 is 13.3. The van der Waals surface area contributed by atoms with Crippen LogP contribution in [0.2, 0.25) is 0 Å². The van der Waals surface area contributed by atoms with Crippen molar-refractivity contribution in [3.8, 4) is 0 Å². The molecule has 1 aliphatic rings. The summed E-state index contributed by atoms with van der Waals surface area (Å²) in [5.74, 6) is -0.173. The molecule has 0 spiro atoms. The predicted octanol–water partition coefficient (Wildman–Crippen LogP) is 4.75. The van der Waals surface area contributed by atoms with Crippen LogP contribution in [0.25, 0.3) is 0 Å². The van der Waals surface area contributed by atoms with E-state index >= 15 is 0 Å². The van der Waals surface area contributed by atoms with Crippen LogP contribution in [0.5, 0.6) is 0 Å². The summed E-state index contributed by atoms with van der Waals surface area (Å²) in [5.41, 5.74) is 2.73. The first kappa shape index (κ1) is 25.7. The van der Waals surface area contributed by atoms with Gasteiger partial charge in [0.15, 0.2) is 0 Å². The normalized spacial score (nSPS) is 14.7. The SMILES string of the molecule is Cc1cccc(NC(=O)N2CCN(CCN(Cc3ccc(F)cc3)C(=O)CC(C)(C)C)CC2)c1. The van der Waals surface area contributed by atoms with E-state index in [1.165, 1.54) is 12.1 Å². The number of rotatable bonds is 7. The molecule has 184 valence electrons. The number of amides is 3. The Kier molecular flexibility index (Phi) is 8.67. The van der Waals surface area contributed by atoms with Crippen LogP contribution in [0.15, 0.2) is 48.5 Å². The van der Waals surface area contributed by atoms with Crippen LogP contribution in [0.1, 0.15) is 38.3 Å². The smallest absolute Gasteiger partial charge is 0.321 e. The minimum atomic E-state index is -0.277. The summed E-state index contributed by atoms with van der Waals surface area (Å²) in [7, 11) is 0. The largest absolute Gasteiger partial charge is 0.337 e. The molecule has 3 rings (SSSR count). The quantitative estimate of drug-likeness (QED) is 0.638. The Morgan fingerprint density at radius 2 is 1.71 bits per heavy atom. The van der Waals surface area contributed by atoms with Gasteiger partial charge in [0.2, 0.25) is 5.91 Å². The third-order valence-corrected chi connectivity index (χ3v) is 5.94. The molecule has 0 radical (unpaired) electrons. The van der Waals surface area contributed by atoms with Gasteiger partial charge in [-0.05, 0) is 47.7 Å². The summed E-state index contributed by atoms with van der Waals surface area (Å²) in [4.78, 5) is 31.6. The van der Waals surface area contributed by atoms with E-state index in [4.69, 9.17) is 0 Å². The van der Waals surface area contributed by atoms with E-state index in [1.54, 1.807) is 12.1 Å². The number of carbonyl (C=O) groups excluding carboxylic acids is 2. The zero-order valence-corrected chi connectivity index (χ0v) is 20.8. The second kappa shape index (κ2) is 11.5. The van der Waals surface area contributed by atoms with Gasteiger partial charge in [0.1, 0.15) is 5.82 Å². The van der Waals surface area contributed by atoms with Gasteiger partial charge in [0.05, 0.1) is 0 Å². The molecule has 2 aromatic rings. The molecule has 0 aromatic heterocycles. The summed E-state index contributed by atoms with van der Waals surface area (Å²) in [5, 5.41) is 2.97. The molecule has 7 heteroatoms. The highest BCUT2D eigenvalue weighted by Gasteiger charge is 2.24. The van der Waals surface area contributed by atoms with Crippen LogP contribution in [0.4, 0.5) is 14.9 Å².